The van der Waals surface area contributed by atoms with Crippen LogP contribution >= 0.6 is 0 Å². The molecule has 0 bridgehead atoms. The maximum absolute atomic E-state index is 13.4. The summed E-state index contributed by atoms with van der Waals surface area (Å²) in [7, 11) is 1.86. The SMILES string of the molecule is CCNC(C)c1cc(F)ccc1OCc1cnn(C)c1. The fraction of sp³-hybridized carbons (Fsp3) is 0.400. The van der Waals surface area contributed by atoms with Gasteiger partial charge in [0, 0.05) is 30.4 Å². The van der Waals surface area contributed by atoms with Crippen LogP contribution in [0.4, 0.5) is 4.39 Å². The average Bonchev–Trinajstić information content (AvgIpc) is 2.83. The molecule has 1 atom stereocenters. The molecule has 5 heteroatoms. The third-order valence-electron chi connectivity index (χ3n) is 3.10. The van der Waals surface area contributed by atoms with Crippen LogP contribution in [0, 0.1) is 5.82 Å². The van der Waals surface area contributed by atoms with Gasteiger partial charge >= 0.3 is 0 Å². The van der Waals surface area contributed by atoms with E-state index in [0.717, 1.165) is 17.7 Å². The standard InChI is InChI=1S/C15H20FN3O/c1-4-17-11(2)14-7-13(16)5-6-15(14)20-10-12-8-18-19(3)9-12/h5-9,11,17H,4,10H2,1-3H3. The summed E-state index contributed by atoms with van der Waals surface area (Å²) in [5.74, 6) is 0.446. The van der Waals surface area contributed by atoms with Crippen molar-refractivity contribution >= 4 is 0 Å². The molecule has 1 aromatic heterocycles. The van der Waals surface area contributed by atoms with Crippen molar-refractivity contribution in [3.05, 3.63) is 47.5 Å². The molecule has 1 unspecified atom stereocenters. The zero-order valence-corrected chi connectivity index (χ0v) is 12.1. The van der Waals surface area contributed by atoms with Gasteiger partial charge in [-0.2, -0.15) is 5.10 Å². The molecule has 2 rings (SSSR count). The first-order valence-electron chi connectivity index (χ1n) is 6.73. The summed E-state index contributed by atoms with van der Waals surface area (Å²) in [6.45, 7) is 5.26. The van der Waals surface area contributed by atoms with E-state index >= 15 is 0 Å². The minimum atomic E-state index is -0.251. The quantitative estimate of drug-likeness (QED) is 0.882. The van der Waals surface area contributed by atoms with Gasteiger partial charge in [-0.1, -0.05) is 6.92 Å². The van der Waals surface area contributed by atoms with Crippen LogP contribution < -0.4 is 10.1 Å². The van der Waals surface area contributed by atoms with Crippen molar-refractivity contribution in [2.45, 2.75) is 26.5 Å². The van der Waals surface area contributed by atoms with Gasteiger partial charge in [-0.25, -0.2) is 4.39 Å². The lowest BCUT2D eigenvalue weighted by Crippen LogP contribution is -2.18. The molecule has 0 aliphatic carbocycles. The number of hydrogen-bond acceptors (Lipinski definition) is 3. The zero-order valence-electron chi connectivity index (χ0n) is 12.1. The summed E-state index contributed by atoms with van der Waals surface area (Å²) >= 11 is 0. The van der Waals surface area contributed by atoms with E-state index in [1.807, 2.05) is 27.1 Å². The van der Waals surface area contributed by atoms with Crippen LogP contribution in [0.25, 0.3) is 0 Å². The topological polar surface area (TPSA) is 39.1 Å². The van der Waals surface area contributed by atoms with Gasteiger partial charge in [-0.05, 0) is 31.7 Å². The lowest BCUT2D eigenvalue weighted by atomic mass is 10.1. The maximum atomic E-state index is 13.4. The van der Waals surface area contributed by atoms with Crippen molar-refractivity contribution < 1.29 is 9.13 Å². The van der Waals surface area contributed by atoms with Crippen molar-refractivity contribution in [1.82, 2.24) is 15.1 Å². The molecule has 0 fully saturated rings. The number of hydrogen-bond donors (Lipinski definition) is 1. The molecule has 0 aliphatic rings. The summed E-state index contributed by atoms with van der Waals surface area (Å²) in [5, 5.41) is 7.36. The number of nitrogens with one attached hydrogen (secondary N) is 1. The molecule has 0 aliphatic heterocycles. The van der Waals surface area contributed by atoms with Crippen LogP contribution in [-0.2, 0) is 13.7 Å². The lowest BCUT2D eigenvalue weighted by molar-refractivity contribution is 0.299. The Labute approximate surface area is 118 Å². The molecule has 0 saturated heterocycles. The monoisotopic (exact) mass is 277 g/mol. The highest BCUT2D eigenvalue weighted by Gasteiger charge is 2.12. The van der Waals surface area contributed by atoms with Crippen LogP contribution in [0.2, 0.25) is 0 Å². The van der Waals surface area contributed by atoms with E-state index in [9.17, 15) is 4.39 Å². The van der Waals surface area contributed by atoms with E-state index in [2.05, 4.69) is 10.4 Å². The number of aromatic nitrogens is 2. The lowest BCUT2D eigenvalue weighted by Gasteiger charge is -2.17. The second kappa shape index (κ2) is 6.52. The van der Waals surface area contributed by atoms with Gasteiger partial charge in [0.1, 0.15) is 18.2 Å². The average molecular weight is 277 g/mol. The Morgan fingerprint density at radius 1 is 1.45 bits per heavy atom. The second-order valence-electron chi connectivity index (χ2n) is 4.77. The molecule has 1 heterocycles. The Morgan fingerprint density at radius 2 is 2.25 bits per heavy atom. The Hall–Kier alpha value is -1.88. The van der Waals surface area contributed by atoms with E-state index in [0.29, 0.717) is 12.4 Å². The van der Waals surface area contributed by atoms with Crippen LogP contribution in [0.1, 0.15) is 31.0 Å². The number of nitrogens with zero attached hydrogens (tertiary/aromatic N) is 2. The fourth-order valence-corrected chi connectivity index (χ4v) is 2.11. The molecule has 0 radical (unpaired) electrons. The molecule has 1 aromatic carbocycles. The Bertz CT molecular complexity index is 568. The van der Waals surface area contributed by atoms with E-state index in [-0.39, 0.29) is 11.9 Å². The summed E-state index contributed by atoms with van der Waals surface area (Å²) in [6, 6.07) is 4.65. The van der Waals surface area contributed by atoms with Crippen molar-refractivity contribution in [1.29, 1.82) is 0 Å². The molecule has 0 amide bonds. The summed E-state index contributed by atoms with van der Waals surface area (Å²) in [4.78, 5) is 0. The summed E-state index contributed by atoms with van der Waals surface area (Å²) in [5.41, 5.74) is 1.81. The molecule has 2 aromatic rings. The van der Waals surface area contributed by atoms with E-state index in [1.165, 1.54) is 12.1 Å². The molecule has 0 spiro atoms. The first-order chi connectivity index (χ1) is 9.60. The number of rotatable bonds is 6. The summed E-state index contributed by atoms with van der Waals surface area (Å²) < 4.78 is 20.9. The Morgan fingerprint density at radius 3 is 2.90 bits per heavy atom. The van der Waals surface area contributed by atoms with Crippen LogP contribution in [0.5, 0.6) is 5.75 Å². The minimum Gasteiger partial charge on any atom is -0.488 e. The van der Waals surface area contributed by atoms with Gasteiger partial charge in [0.05, 0.1) is 6.20 Å². The molecule has 0 saturated carbocycles. The summed E-state index contributed by atoms with van der Waals surface area (Å²) in [6.07, 6.45) is 3.66. The first kappa shape index (κ1) is 14.5. The van der Waals surface area contributed by atoms with Crippen molar-refractivity contribution in [2.24, 2.45) is 7.05 Å². The second-order valence-corrected chi connectivity index (χ2v) is 4.77. The Balaban J connectivity index is 2.13. The molecule has 108 valence electrons. The Kier molecular flexibility index (Phi) is 4.74. The van der Waals surface area contributed by atoms with Crippen LogP contribution in [0.3, 0.4) is 0 Å². The van der Waals surface area contributed by atoms with E-state index in [1.54, 1.807) is 16.9 Å². The van der Waals surface area contributed by atoms with Crippen LogP contribution in [-0.4, -0.2) is 16.3 Å². The van der Waals surface area contributed by atoms with Gasteiger partial charge in [0.15, 0.2) is 0 Å². The highest BCUT2D eigenvalue weighted by molar-refractivity contribution is 5.36. The smallest absolute Gasteiger partial charge is 0.124 e. The van der Waals surface area contributed by atoms with Gasteiger partial charge in [-0.15, -0.1) is 0 Å². The molecular formula is C15H20FN3O. The third-order valence-corrected chi connectivity index (χ3v) is 3.10. The molecule has 4 nitrogen and oxygen atoms in total. The highest BCUT2D eigenvalue weighted by atomic mass is 19.1. The molecular weight excluding hydrogens is 257 g/mol. The van der Waals surface area contributed by atoms with Gasteiger partial charge < -0.3 is 10.1 Å². The third kappa shape index (κ3) is 3.57. The largest absolute Gasteiger partial charge is 0.488 e. The number of halogens is 1. The predicted molar refractivity (Wildman–Crippen MR) is 76.0 cm³/mol. The van der Waals surface area contributed by atoms with Gasteiger partial charge in [0.25, 0.3) is 0 Å². The van der Waals surface area contributed by atoms with Gasteiger partial charge in [-0.3, -0.25) is 4.68 Å². The van der Waals surface area contributed by atoms with Gasteiger partial charge in [0.2, 0.25) is 0 Å². The zero-order chi connectivity index (χ0) is 14.5. The maximum Gasteiger partial charge on any atom is 0.124 e. The number of ether oxygens (including phenoxy) is 1. The minimum absolute atomic E-state index is 0.0413. The predicted octanol–water partition coefficient (Wildman–Crippen LogP) is 2.81. The van der Waals surface area contributed by atoms with Crippen molar-refractivity contribution in [3.63, 3.8) is 0 Å². The van der Waals surface area contributed by atoms with Crippen molar-refractivity contribution in [3.8, 4) is 5.75 Å². The molecule has 20 heavy (non-hydrogen) atoms. The van der Waals surface area contributed by atoms with E-state index in [4.69, 9.17) is 4.74 Å². The van der Waals surface area contributed by atoms with E-state index < -0.39 is 0 Å². The van der Waals surface area contributed by atoms with Crippen molar-refractivity contribution in [2.75, 3.05) is 6.54 Å². The first-order valence-corrected chi connectivity index (χ1v) is 6.73. The highest BCUT2D eigenvalue weighted by Crippen LogP contribution is 2.26. The number of benzene rings is 1. The number of aryl methyl sites for hydroxylation is 1. The van der Waals surface area contributed by atoms with Crippen LogP contribution in [0.15, 0.2) is 30.6 Å². The normalized spacial score (nSPS) is 12.4. The fourth-order valence-electron chi connectivity index (χ4n) is 2.11. The molecule has 1 N–H and O–H groups in total.